The lowest BCUT2D eigenvalue weighted by molar-refractivity contribution is -0.303. The number of hydrogen-bond donors (Lipinski definition) is 13. The largest absolute Gasteiger partial charge is 0.462 e. The van der Waals surface area contributed by atoms with Gasteiger partial charge in [-0.3, -0.25) is 9.18 Å². The first-order chi connectivity index (χ1) is 37.2. The fourth-order valence-electron chi connectivity index (χ4n) is 9.07. The molecule has 0 aromatic heterocycles. The maximum atomic E-state index is 13.1. The van der Waals surface area contributed by atoms with Crippen LogP contribution in [0.25, 0.3) is 0 Å². The smallest absolute Gasteiger partial charge is 0.407 e. The van der Waals surface area contributed by atoms with Crippen LogP contribution in [-0.2, 0) is 28.5 Å². The molecule has 21 nitrogen and oxygen atoms in total. The lowest BCUT2D eigenvalue weighted by Gasteiger charge is -2.46. The van der Waals surface area contributed by atoms with Crippen LogP contribution < -0.4 is 16.0 Å². The Bertz CT molecular complexity index is 2040. The van der Waals surface area contributed by atoms with E-state index in [1.54, 1.807) is 92.8 Å². The Kier molecular flexibility index (Phi) is 30.6. The molecular formula is C56H92FN3O18Si. The van der Waals surface area contributed by atoms with Crippen molar-refractivity contribution in [3.63, 3.8) is 0 Å². The van der Waals surface area contributed by atoms with Crippen LogP contribution in [0.3, 0.4) is 0 Å². The third kappa shape index (κ3) is 26.1. The molecule has 0 radical (unpaired) electrons. The molecule has 3 rings (SSSR count). The number of urea groups is 1. The molecule has 13 N–H and O–H groups in total. The van der Waals surface area contributed by atoms with Gasteiger partial charge in [-0.25, -0.2) is 9.59 Å². The second-order valence-corrected chi connectivity index (χ2v) is 27.8. The van der Waals surface area contributed by atoms with Gasteiger partial charge >= 0.3 is 18.1 Å². The highest BCUT2D eigenvalue weighted by Gasteiger charge is 2.50. The number of amides is 3. The number of allylic oxidation sites excluding steroid dienone is 12. The van der Waals surface area contributed by atoms with Gasteiger partial charge in [0, 0.05) is 52.1 Å². The lowest BCUT2D eigenvalue weighted by Crippen LogP contribution is -2.65. The van der Waals surface area contributed by atoms with E-state index in [4.69, 9.17) is 23.7 Å². The maximum absolute atomic E-state index is 13.1. The van der Waals surface area contributed by atoms with Crippen molar-refractivity contribution in [2.45, 2.75) is 215 Å². The molecule has 3 heterocycles. The molecule has 2 bridgehead atoms. The Morgan fingerprint density at radius 1 is 0.696 bits per heavy atom. The van der Waals surface area contributed by atoms with Gasteiger partial charge < -0.3 is 90.7 Å². The average Bonchev–Trinajstić information content (AvgIpc) is 3.36. The molecule has 2 fully saturated rings. The Morgan fingerprint density at radius 2 is 1.30 bits per heavy atom. The summed E-state index contributed by atoms with van der Waals surface area (Å²) in [5.41, 5.74) is 0. The predicted octanol–water partition coefficient (Wildman–Crippen LogP) is 3.14. The normalized spacial score (nSPS) is 39.5. The second-order valence-electron chi connectivity index (χ2n) is 22.2. The number of fused-ring (bicyclic) bond motifs is 2. The van der Waals surface area contributed by atoms with Crippen molar-refractivity contribution in [3.8, 4) is 0 Å². The molecular weight excluding hydrogens is 1050 g/mol. The zero-order chi connectivity index (χ0) is 58.9. The van der Waals surface area contributed by atoms with E-state index >= 15 is 0 Å². The van der Waals surface area contributed by atoms with Gasteiger partial charge in [-0.15, -0.1) is 0 Å². The Hall–Kier alpha value is -4.18. The number of aliphatic hydroxyl groups is 10. The highest BCUT2D eigenvalue weighted by Crippen LogP contribution is 2.35. The predicted molar refractivity (Wildman–Crippen MR) is 295 cm³/mol. The molecule has 0 aromatic carbocycles. The van der Waals surface area contributed by atoms with E-state index in [9.17, 15) is 69.8 Å². The summed E-state index contributed by atoms with van der Waals surface area (Å²) in [5, 5.41) is 119. The van der Waals surface area contributed by atoms with E-state index in [0.29, 0.717) is 6.04 Å². The third-order valence-corrected chi connectivity index (χ3v) is 15.7. The zero-order valence-electron chi connectivity index (χ0n) is 46.8. The van der Waals surface area contributed by atoms with E-state index in [1.165, 1.54) is 6.92 Å². The Labute approximate surface area is 465 Å². The molecule has 0 spiro atoms. The van der Waals surface area contributed by atoms with E-state index in [0.717, 1.165) is 0 Å². The first-order valence-electron chi connectivity index (χ1n) is 27.5. The van der Waals surface area contributed by atoms with E-state index in [-0.39, 0.29) is 51.2 Å². The zero-order valence-corrected chi connectivity index (χ0v) is 47.8. The summed E-state index contributed by atoms with van der Waals surface area (Å²) in [7, 11) is -1.58. The summed E-state index contributed by atoms with van der Waals surface area (Å²) >= 11 is 0. The van der Waals surface area contributed by atoms with Gasteiger partial charge in [0.05, 0.1) is 92.8 Å². The van der Waals surface area contributed by atoms with Crippen molar-refractivity contribution in [3.05, 3.63) is 85.1 Å². The number of esters is 1. The van der Waals surface area contributed by atoms with Crippen LogP contribution in [0, 0.1) is 11.8 Å². The summed E-state index contributed by atoms with van der Waals surface area (Å²) in [5.74, 6) is -3.85. The highest BCUT2D eigenvalue weighted by molar-refractivity contribution is 6.76. The van der Waals surface area contributed by atoms with Crippen LogP contribution in [-0.4, -0.2) is 201 Å². The number of nitrogens with one attached hydrogen (secondary N) is 3. The first-order valence-corrected chi connectivity index (χ1v) is 31.2. The lowest BCUT2D eigenvalue weighted by atomic mass is 9.87. The molecule has 79 heavy (non-hydrogen) atoms. The van der Waals surface area contributed by atoms with Crippen molar-refractivity contribution in [1.29, 1.82) is 0 Å². The summed E-state index contributed by atoms with van der Waals surface area (Å²) in [6, 6.07) is -2.75. The number of carbonyl (C=O) groups is 3. The van der Waals surface area contributed by atoms with Crippen molar-refractivity contribution < 1.29 is 93.5 Å². The van der Waals surface area contributed by atoms with Gasteiger partial charge in [-0.2, -0.15) is 0 Å². The van der Waals surface area contributed by atoms with Gasteiger partial charge in [0.25, 0.3) is 0 Å². The molecule has 23 heteroatoms. The van der Waals surface area contributed by atoms with Crippen LogP contribution in [0.5, 0.6) is 0 Å². The molecule has 0 aromatic rings. The summed E-state index contributed by atoms with van der Waals surface area (Å²) in [4.78, 5) is 38.8. The Morgan fingerprint density at radius 3 is 1.91 bits per heavy atom. The SMILES string of the molecule is C[C@@H]1[C@H](O)[C@@H](C)/C=C/C=C/C=C/C=C/C=C/C=C/C=C/[C@H](O[C@@H]2O[C@H](C)[C@@H](O)[C@H](NC(=O)OCC[Si](C)(C)C)[C@@H]2O)C[C@@H]2O[C@](O)(C[C@@H](O)C[C@@H](O)[C@H](O)CC[C@@H](O)C[C@@H](O)CC(=O)O[C@H]1C)C[C@H](O)[C@H]2NC(=O)NCCCF. The van der Waals surface area contributed by atoms with E-state index in [2.05, 4.69) is 35.6 Å². The minimum Gasteiger partial charge on any atom is -0.462 e. The quantitative estimate of drug-likeness (QED) is 0.0849. The number of alkyl carbamates (subject to hydrolysis) is 1. The van der Waals surface area contributed by atoms with Crippen molar-refractivity contribution in [2.24, 2.45) is 11.8 Å². The standard InChI is InChI=1S/C56H92FN3O18Si/c1-35-21-18-16-14-12-10-8-9-11-13-15-17-19-22-42(77-53-52(70)49(51(69)38(4)76-53)60-55(72)74-27-28-79(5,6)7)32-46-48(59-54(71)58-26-20-25-57)45(66)34-56(73,78-46)33-41(63)30-44(65)43(64)24-23-39(61)29-40(62)31-47(67)75-37(3)36(2)50(35)68/h8-19,21-22,35-46,48-53,61-66,68-70,73H,20,23-34H2,1-7H3,(H,60,72)(H2,58,59,71)/b9-8+,12-10+,13-11+,16-14+,17-15+,21-18+,22-19+/t35-,36-,37-,38+,39+,40+,41-,42-,43+,44+,45-,46-,48+,49-,50+,51+,52-,53-,56+/m0/s1. The number of halogens is 1. The van der Waals surface area contributed by atoms with E-state index < -0.39 is 168 Å². The van der Waals surface area contributed by atoms with Gasteiger partial charge in [-0.1, -0.05) is 119 Å². The van der Waals surface area contributed by atoms with Crippen LogP contribution in [0.1, 0.15) is 85.5 Å². The van der Waals surface area contributed by atoms with Gasteiger partial charge in [0.2, 0.25) is 0 Å². The summed E-state index contributed by atoms with van der Waals surface area (Å²) in [6.45, 7) is 12.4. The first kappa shape index (κ1) is 69.1. The minimum atomic E-state index is -2.34. The fraction of sp³-hybridized carbons (Fsp3) is 0.696. The number of hydrogen-bond acceptors (Lipinski definition) is 18. The van der Waals surface area contributed by atoms with Gasteiger partial charge in [-0.05, 0) is 45.6 Å². The summed E-state index contributed by atoms with van der Waals surface area (Å²) in [6.07, 6.45) is 1.94. The fourth-order valence-corrected chi connectivity index (χ4v) is 9.79. The van der Waals surface area contributed by atoms with Gasteiger partial charge in [0.15, 0.2) is 12.1 Å². The van der Waals surface area contributed by atoms with Crippen molar-refractivity contribution >= 4 is 26.2 Å². The van der Waals surface area contributed by atoms with Crippen LogP contribution in [0.4, 0.5) is 14.0 Å². The highest BCUT2D eigenvalue weighted by atomic mass is 28.3. The maximum Gasteiger partial charge on any atom is 0.407 e. The average molecular weight is 1140 g/mol. The molecule has 19 atom stereocenters. The number of aliphatic hydroxyl groups excluding tert-OH is 9. The van der Waals surface area contributed by atoms with Crippen LogP contribution in [0.2, 0.25) is 25.7 Å². The number of rotatable bonds is 10. The monoisotopic (exact) mass is 1140 g/mol. The van der Waals surface area contributed by atoms with Crippen LogP contribution in [0.15, 0.2) is 85.1 Å². The molecule has 3 aliphatic rings. The second kappa shape index (κ2) is 35.0. The number of cyclic esters (lactones) is 1. The molecule has 3 aliphatic heterocycles. The molecule has 450 valence electrons. The summed E-state index contributed by atoms with van der Waals surface area (Å²) < 4.78 is 42.3. The molecule has 0 unspecified atom stereocenters. The van der Waals surface area contributed by atoms with Crippen LogP contribution >= 0.6 is 0 Å². The number of alkyl halides is 1. The molecule has 2 saturated heterocycles. The van der Waals surface area contributed by atoms with Crippen molar-refractivity contribution in [2.75, 3.05) is 19.8 Å². The Balaban J connectivity index is 1.98. The molecule has 3 amide bonds. The number of ether oxygens (including phenoxy) is 5. The minimum absolute atomic E-state index is 0.00165. The topological polar surface area (TPSA) is 336 Å². The molecule has 0 saturated carbocycles. The van der Waals surface area contributed by atoms with E-state index in [1.807, 2.05) is 13.0 Å². The molecule has 0 aliphatic carbocycles. The van der Waals surface area contributed by atoms with Gasteiger partial charge in [0.1, 0.15) is 18.3 Å². The third-order valence-electron chi connectivity index (χ3n) is 13.9. The number of carbonyl (C=O) groups excluding carboxylic acids is 3. The van der Waals surface area contributed by atoms with Crippen molar-refractivity contribution in [1.82, 2.24) is 16.0 Å².